The van der Waals surface area contributed by atoms with Crippen LogP contribution >= 0.6 is 0 Å². The molecule has 0 saturated carbocycles. The van der Waals surface area contributed by atoms with E-state index >= 15 is 0 Å². The average Bonchev–Trinajstić information content (AvgIpc) is 2.38. The van der Waals surface area contributed by atoms with Crippen LogP contribution in [0.2, 0.25) is 0 Å². The van der Waals surface area contributed by atoms with Crippen LogP contribution in [0.4, 0.5) is 24.5 Å². The van der Waals surface area contributed by atoms with Crippen LogP contribution in [0, 0.1) is 10.1 Å². The Bertz CT molecular complexity index is 543. The zero-order valence-electron chi connectivity index (χ0n) is 10.4. The Morgan fingerprint density at radius 2 is 2.15 bits per heavy atom. The molecule has 1 unspecified atom stereocenters. The van der Waals surface area contributed by atoms with Gasteiger partial charge >= 0.3 is 6.18 Å². The van der Waals surface area contributed by atoms with Gasteiger partial charge in [0.15, 0.2) is 0 Å². The van der Waals surface area contributed by atoms with Gasteiger partial charge in [-0.2, -0.15) is 13.2 Å². The Balaban J connectivity index is 2.27. The molecule has 0 bridgehead atoms. The highest BCUT2D eigenvalue weighted by Crippen LogP contribution is 2.37. The minimum absolute atomic E-state index is 0.00459. The van der Waals surface area contributed by atoms with Crippen molar-refractivity contribution in [2.75, 3.05) is 11.9 Å². The molecule has 0 aromatic heterocycles. The molecular formula is C12H12F3N3O2. The second-order valence-corrected chi connectivity index (χ2v) is 4.44. The van der Waals surface area contributed by atoms with Gasteiger partial charge in [0.2, 0.25) is 0 Å². The lowest BCUT2D eigenvalue weighted by molar-refractivity contribution is -0.388. The van der Waals surface area contributed by atoms with Crippen LogP contribution in [0.3, 0.4) is 0 Å². The van der Waals surface area contributed by atoms with Crippen LogP contribution in [0.1, 0.15) is 18.4 Å². The SMILES string of the molecule is O=[N+]([O-])c1ccc(NC2CC=NCC2)cc1C(F)(F)F. The third kappa shape index (κ3) is 3.25. The Labute approximate surface area is 112 Å². The fourth-order valence-electron chi connectivity index (χ4n) is 2.02. The van der Waals surface area contributed by atoms with Crippen molar-refractivity contribution in [3.05, 3.63) is 33.9 Å². The lowest BCUT2D eigenvalue weighted by Crippen LogP contribution is -2.24. The molecule has 1 aromatic carbocycles. The quantitative estimate of drug-likeness (QED) is 0.685. The second kappa shape index (κ2) is 5.48. The van der Waals surface area contributed by atoms with Gasteiger partial charge in [0.05, 0.1) is 4.92 Å². The number of hydrogen-bond donors (Lipinski definition) is 1. The van der Waals surface area contributed by atoms with Gasteiger partial charge in [-0.1, -0.05) is 0 Å². The molecule has 1 N–H and O–H groups in total. The first-order valence-corrected chi connectivity index (χ1v) is 5.98. The van der Waals surface area contributed by atoms with E-state index in [0.717, 1.165) is 18.6 Å². The maximum Gasteiger partial charge on any atom is 0.423 e. The van der Waals surface area contributed by atoms with E-state index in [9.17, 15) is 23.3 Å². The van der Waals surface area contributed by atoms with Gasteiger partial charge in [-0.15, -0.1) is 0 Å². The molecule has 0 amide bonds. The summed E-state index contributed by atoms with van der Waals surface area (Å²) in [6.45, 7) is 0.622. The number of nitrogens with zero attached hydrogens (tertiary/aromatic N) is 2. The Kier molecular flexibility index (Phi) is 3.91. The number of nitro groups is 1. The fraction of sp³-hybridized carbons (Fsp3) is 0.417. The number of benzene rings is 1. The van der Waals surface area contributed by atoms with E-state index < -0.39 is 22.4 Å². The molecule has 1 aromatic rings. The summed E-state index contributed by atoms with van der Waals surface area (Å²) in [7, 11) is 0. The average molecular weight is 287 g/mol. The molecule has 0 aliphatic carbocycles. The zero-order valence-corrected chi connectivity index (χ0v) is 10.4. The van der Waals surface area contributed by atoms with Crippen LogP contribution in [0.15, 0.2) is 23.2 Å². The molecule has 0 spiro atoms. The maximum absolute atomic E-state index is 12.8. The van der Waals surface area contributed by atoms with Crippen molar-refractivity contribution in [3.63, 3.8) is 0 Å². The second-order valence-electron chi connectivity index (χ2n) is 4.44. The molecule has 0 saturated heterocycles. The van der Waals surface area contributed by atoms with Crippen LogP contribution in [0.25, 0.3) is 0 Å². The first-order chi connectivity index (χ1) is 9.38. The van der Waals surface area contributed by atoms with Gasteiger partial charge in [0.1, 0.15) is 5.56 Å². The number of hydrogen-bond acceptors (Lipinski definition) is 4. The van der Waals surface area contributed by atoms with Crippen molar-refractivity contribution in [3.8, 4) is 0 Å². The molecule has 0 radical (unpaired) electrons. The summed E-state index contributed by atoms with van der Waals surface area (Å²) in [5.41, 5.74) is -1.95. The van der Waals surface area contributed by atoms with Crippen molar-refractivity contribution < 1.29 is 18.1 Å². The van der Waals surface area contributed by atoms with Crippen molar-refractivity contribution in [2.24, 2.45) is 4.99 Å². The summed E-state index contributed by atoms with van der Waals surface area (Å²) < 4.78 is 38.4. The first-order valence-electron chi connectivity index (χ1n) is 5.98. The van der Waals surface area contributed by atoms with E-state index in [2.05, 4.69) is 10.3 Å². The molecule has 8 heteroatoms. The molecule has 1 aliphatic heterocycles. The van der Waals surface area contributed by atoms with Crippen LogP contribution in [-0.2, 0) is 6.18 Å². The highest BCUT2D eigenvalue weighted by Gasteiger charge is 2.38. The van der Waals surface area contributed by atoms with Gasteiger partial charge < -0.3 is 5.32 Å². The summed E-state index contributed by atoms with van der Waals surface area (Å²) in [4.78, 5) is 13.6. The van der Waals surface area contributed by atoms with Crippen molar-refractivity contribution >= 4 is 17.6 Å². The smallest absolute Gasteiger partial charge is 0.382 e. The summed E-state index contributed by atoms with van der Waals surface area (Å²) in [5, 5.41) is 13.6. The molecule has 1 atom stereocenters. The standard InChI is InChI=1S/C12H12F3N3O2/c13-12(14,15)10-7-9(1-2-11(10)18(19)20)17-8-3-5-16-6-4-8/h1-2,5,7-8,17H,3-4,6H2. The van der Waals surface area contributed by atoms with E-state index in [-0.39, 0.29) is 11.7 Å². The maximum atomic E-state index is 12.8. The molecule has 0 fully saturated rings. The van der Waals surface area contributed by atoms with E-state index in [0.29, 0.717) is 13.0 Å². The van der Waals surface area contributed by atoms with Crippen molar-refractivity contribution in [1.29, 1.82) is 0 Å². The van der Waals surface area contributed by atoms with Gasteiger partial charge in [-0.25, -0.2) is 0 Å². The number of alkyl halides is 3. The summed E-state index contributed by atoms with van der Waals surface area (Å²) in [6, 6.07) is 2.94. The number of nitrogens with one attached hydrogen (secondary N) is 1. The van der Waals surface area contributed by atoms with E-state index in [1.165, 1.54) is 6.07 Å². The molecule has 5 nitrogen and oxygen atoms in total. The molecule has 1 heterocycles. The third-order valence-electron chi connectivity index (χ3n) is 3.00. The van der Waals surface area contributed by atoms with Gasteiger partial charge in [0, 0.05) is 37.0 Å². The van der Waals surface area contributed by atoms with Gasteiger partial charge in [-0.3, -0.25) is 15.1 Å². The zero-order chi connectivity index (χ0) is 14.8. The van der Waals surface area contributed by atoms with Crippen LogP contribution in [-0.4, -0.2) is 23.7 Å². The Morgan fingerprint density at radius 1 is 1.40 bits per heavy atom. The topological polar surface area (TPSA) is 67.5 Å². The van der Waals surface area contributed by atoms with Crippen LogP contribution < -0.4 is 5.32 Å². The largest absolute Gasteiger partial charge is 0.423 e. The van der Waals surface area contributed by atoms with E-state index in [4.69, 9.17) is 0 Å². The fourth-order valence-corrected chi connectivity index (χ4v) is 2.02. The first kappa shape index (κ1) is 14.3. The van der Waals surface area contributed by atoms with Gasteiger partial charge in [0.25, 0.3) is 5.69 Å². The Hall–Kier alpha value is -2.12. The van der Waals surface area contributed by atoms with E-state index in [1.807, 2.05) is 0 Å². The lowest BCUT2D eigenvalue weighted by atomic mass is 10.1. The third-order valence-corrected chi connectivity index (χ3v) is 3.00. The highest BCUT2D eigenvalue weighted by molar-refractivity contribution is 5.61. The summed E-state index contributed by atoms with van der Waals surface area (Å²) >= 11 is 0. The molecular weight excluding hydrogens is 275 g/mol. The molecule has 20 heavy (non-hydrogen) atoms. The minimum atomic E-state index is -4.76. The van der Waals surface area contributed by atoms with Crippen molar-refractivity contribution in [1.82, 2.24) is 0 Å². The highest BCUT2D eigenvalue weighted by atomic mass is 19.4. The minimum Gasteiger partial charge on any atom is -0.382 e. The summed E-state index contributed by atoms with van der Waals surface area (Å²) in [5.74, 6) is 0. The predicted octanol–water partition coefficient (Wildman–Crippen LogP) is 3.26. The molecule has 1 aliphatic rings. The predicted molar refractivity (Wildman–Crippen MR) is 68.1 cm³/mol. The summed E-state index contributed by atoms with van der Waals surface area (Å²) in [6.07, 6.45) is -1.70. The normalized spacial score (nSPS) is 18.9. The molecule has 2 rings (SSSR count). The lowest BCUT2D eigenvalue weighted by Gasteiger charge is -2.20. The number of nitro benzene ring substituents is 1. The number of aliphatic imine (C=N–C) groups is 1. The van der Waals surface area contributed by atoms with E-state index in [1.54, 1.807) is 6.21 Å². The van der Waals surface area contributed by atoms with Crippen LogP contribution in [0.5, 0.6) is 0 Å². The number of halogens is 3. The molecule has 108 valence electrons. The number of rotatable bonds is 3. The van der Waals surface area contributed by atoms with Crippen molar-refractivity contribution in [2.45, 2.75) is 25.1 Å². The Morgan fingerprint density at radius 3 is 2.70 bits per heavy atom. The monoisotopic (exact) mass is 287 g/mol. The van der Waals surface area contributed by atoms with Gasteiger partial charge in [-0.05, 0) is 18.6 Å². The number of anilines is 1.